The summed E-state index contributed by atoms with van der Waals surface area (Å²) in [7, 11) is 0. The Hall–Kier alpha value is -2.02. The number of carbonyl (C=O) groups is 1. The van der Waals surface area contributed by atoms with Gasteiger partial charge in [0.25, 0.3) is 0 Å². The van der Waals surface area contributed by atoms with Gasteiger partial charge in [0.05, 0.1) is 6.04 Å². The van der Waals surface area contributed by atoms with E-state index in [1.54, 1.807) is 17.5 Å². The zero-order valence-corrected chi connectivity index (χ0v) is 10.7. The highest BCUT2D eigenvalue weighted by molar-refractivity contribution is 7.11. The maximum Gasteiger partial charge on any atom is 0.341 e. The summed E-state index contributed by atoms with van der Waals surface area (Å²) < 4.78 is 0. The van der Waals surface area contributed by atoms with Gasteiger partial charge in [-0.25, -0.2) is 19.7 Å². The number of carboxylic acid groups (broad SMARTS) is 1. The maximum absolute atomic E-state index is 11.0. The summed E-state index contributed by atoms with van der Waals surface area (Å²) in [6.07, 6.45) is 4.38. The molecule has 7 heteroatoms. The topological polar surface area (TPSA) is 88.0 Å². The third-order valence-corrected chi connectivity index (χ3v) is 3.40. The summed E-state index contributed by atoms with van der Waals surface area (Å²) in [5, 5.41) is 12.9. The van der Waals surface area contributed by atoms with Crippen molar-refractivity contribution in [2.75, 3.05) is 5.32 Å². The van der Waals surface area contributed by atoms with E-state index in [-0.39, 0.29) is 11.6 Å². The van der Waals surface area contributed by atoms with Crippen molar-refractivity contribution in [3.05, 3.63) is 34.2 Å². The predicted octanol–water partition coefficient (Wildman–Crippen LogP) is 2.11. The van der Waals surface area contributed by atoms with Crippen LogP contribution in [0.4, 0.5) is 5.82 Å². The molecule has 0 spiro atoms. The normalized spacial score (nSPS) is 12.1. The first-order chi connectivity index (χ1) is 8.58. The van der Waals surface area contributed by atoms with E-state index in [1.165, 1.54) is 12.5 Å². The minimum atomic E-state index is -1.05. The third-order valence-electron chi connectivity index (χ3n) is 2.31. The molecule has 6 nitrogen and oxygen atoms in total. The number of thiazole rings is 1. The Labute approximate surface area is 108 Å². The number of hydrogen-bond acceptors (Lipinski definition) is 6. The zero-order valence-electron chi connectivity index (χ0n) is 9.91. The van der Waals surface area contributed by atoms with Crippen LogP contribution in [0.3, 0.4) is 0 Å². The van der Waals surface area contributed by atoms with E-state index in [2.05, 4.69) is 20.3 Å². The molecule has 0 saturated carbocycles. The first-order valence-electron chi connectivity index (χ1n) is 5.30. The molecular weight excluding hydrogens is 252 g/mol. The Bertz CT molecular complexity index is 570. The van der Waals surface area contributed by atoms with Gasteiger partial charge in [-0.2, -0.15) is 0 Å². The highest BCUT2D eigenvalue weighted by Gasteiger charge is 2.15. The molecule has 0 aromatic carbocycles. The first kappa shape index (κ1) is 12.4. The number of aromatic nitrogens is 3. The summed E-state index contributed by atoms with van der Waals surface area (Å²) in [4.78, 5) is 24.0. The smallest absolute Gasteiger partial charge is 0.341 e. The second kappa shape index (κ2) is 5.09. The Morgan fingerprint density at radius 2 is 2.22 bits per heavy atom. The molecule has 2 heterocycles. The van der Waals surface area contributed by atoms with Crippen molar-refractivity contribution in [3.63, 3.8) is 0 Å². The first-order valence-corrected chi connectivity index (χ1v) is 6.11. The van der Waals surface area contributed by atoms with E-state index in [4.69, 9.17) is 5.11 Å². The molecule has 94 valence electrons. The lowest BCUT2D eigenvalue weighted by molar-refractivity contribution is 0.0697. The number of nitrogens with one attached hydrogen (secondary N) is 1. The standard InChI is InChI=1S/C11H12N4O2S/c1-6-3-13-10(18-6)7(2)15-9-8(11(16)17)4-12-5-14-9/h3-5,7H,1-2H3,(H,16,17)(H,12,14,15). The van der Waals surface area contributed by atoms with Gasteiger partial charge in [0, 0.05) is 17.3 Å². The van der Waals surface area contributed by atoms with Crippen LogP contribution in [0.25, 0.3) is 0 Å². The van der Waals surface area contributed by atoms with Crippen LogP contribution in [0.15, 0.2) is 18.7 Å². The summed E-state index contributed by atoms with van der Waals surface area (Å²) in [6.45, 7) is 3.88. The lowest BCUT2D eigenvalue weighted by Crippen LogP contribution is -2.12. The van der Waals surface area contributed by atoms with Crippen molar-refractivity contribution in [2.45, 2.75) is 19.9 Å². The lowest BCUT2D eigenvalue weighted by Gasteiger charge is -2.13. The van der Waals surface area contributed by atoms with E-state index >= 15 is 0 Å². The molecule has 1 unspecified atom stereocenters. The maximum atomic E-state index is 11.0. The van der Waals surface area contributed by atoms with Crippen molar-refractivity contribution < 1.29 is 9.90 Å². The number of aryl methyl sites for hydroxylation is 1. The lowest BCUT2D eigenvalue weighted by atomic mass is 10.3. The number of hydrogen-bond donors (Lipinski definition) is 2. The number of rotatable bonds is 4. The molecule has 0 fully saturated rings. The third kappa shape index (κ3) is 2.62. The highest BCUT2D eigenvalue weighted by Crippen LogP contribution is 2.23. The fraction of sp³-hybridized carbons (Fsp3) is 0.273. The second-order valence-corrected chi connectivity index (χ2v) is 5.03. The molecule has 2 N–H and O–H groups in total. The van der Waals surface area contributed by atoms with Gasteiger partial charge in [-0.1, -0.05) is 0 Å². The largest absolute Gasteiger partial charge is 0.477 e. The number of carboxylic acids is 1. The molecule has 0 aliphatic carbocycles. The van der Waals surface area contributed by atoms with Gasteiger partial charge in [0.2, 0.25) is 0 Å². The van der Waals surface area contributed by atoms with Crippen molar-refractivity contribution >= 4 is 23.1 Å². The van der Waals surface area contributed by atoms with Crippen LogP contribution in [-0.4, -0.2) is 26.0 Å². The molecule has 2 rings (SSSR count). The molecule has 0 amide bonds. The molecule has 0 aliphatic heterocycles. The van der Waals surface area contributed by atoms with E-state index in [1.807, 2.05) is 13.8 Å². The zero-order chi connectivity index (χ0) is 13.1. The van der Waals surface area contributed by atoms with Gasteiger partial charge in [-0.15, -0.1) is 11.3 Å². The SMILES string of the molecule is Cc1cnc(C(C)Nc2ncncc2C(=O)O)s1. The van der Waals surface area contributed by atoms with Crippen LogP contribution in [0.5, 0.6) is 0 Å². The minimum absolute atomic E-state index is 0.0534. The number of nitrogens with zero attached hydrogens (tertiary/aromatic N) is 3. The molecule has 0 bridgehead atoms. The van der Waals surface area contributed by atoms with Crippen LogP contribution >= 0.6 is 11.3 Å². The molecule has 0 radical (unpaired) electrons. The summed E-state index contributed by atoms with van der Waals surface area (Å²) >= 11 is 1.56. The molecule has 2 aromatic heterocycles. The fourth-order valence-corrected chi connectivity index (χ4v) is 2.22. The molecular formula is C11H12N4O2S. The summed E-state index contributed by atoms with van der Waals surface area (Å²) in [6, 6.07) is -0.100. The van der Waals surface area contributed by atoms with Gasteiger partial charge in [-0.3, -0.25) is 0 Å². The number of aromatic carboxylic acids is 1. The summed E-state index contributed by atoms with van der Waals surface area (Å²) in [5.74, 6) is -0.751. The predicted molar refractivity (Wildman–Crippen MR) is 67.9 cm³/mol. The average Bonchev–Trinajstić information content (AvgIpc) is 2.76. The van der Waals surface area contributed by atoms with Gasteiger partial charge >= 0.3 is 5.97 Å². The van der Waals surface area contributed by atoms with E-state index in [0.717, 1.165) is 9.88 Å². The quantitative estimate of drug-likeness (QED) is 0.879. The Morgan fingerprint density at radius 1 is 1.44 bits per heavy atom. The minimum Gasteiger partial charge on any atom is -0.477 e. The van der Waals surface area contributed by atoms with Gasteiger partial charge in [0.1, 0.15) is 22.7 Å². The molecule has 2 aromatic rings. The molecule has 1 atom stereocenters. The molecule has 18 heavy (non-hydrogen) atoms. The van der Waals surface area contributed by atoms with Crippen molar-refractivity contribution in [1.29, 1.82) is 0 Å². The van der Waals surface area contributed by atoms with Crippen LogP contribution < -0.4 is 5.32 Å². The van der Waals surface area contributed by atoms with Gasteiger partial charge in [-0.05, 0) is 13.8 Å². The Balaban J connectivity index is 2.21. The fourth-order valence-electron chi connectivity index (χ4n) is 1.44. The van der Waals surface area contributed by atoms with E-state index < -0.39 is 5.97 Å². The van der Waals surface area contributed by atoms with Crippen LogP contribution in [0, 0.1) is 6.92 Å². The Kier molecular flexibility index (Phi) is 3.52. The molecule has 0 saturated heterocycles. The van der Waals surface area contributed by atoms with Crippen LogP contribution in [0.2, 0.25) is 0 Å². The molecule has 0 aliphatic rings. The van der Waals surface area contributed by atoms with Gasteiger partial charge in [0.15, 0.2) is 0 Å². The second-order valence-electron chi connectivity index (χ2n) is 3.77. The number of anilines is 1. The Morgan fingerprint density at radius 3 is 2.83 bits per heavy atom. The highest BCUT2D eigenvalue weighted by atomic mass is 32.1. The monoisotopic (exact) mass is 264 g/mol. The average molecular weight is 264 g/mol. The van der Waals surface area contributed by atoms with Crippen molar-refractivity contribution in [3.8, 4) is 0 Å². The summed E-state index contributed by atoms with van der Waals surface area (Å²) in [5.41, 5.74) is 0.0534. The van der Waals surface area contributed by atoms with Crippen LogP contribution in [0.1, 0.15) is 33.2 Å². The van der Waals surface area contributed by atoms with Crippen LogP contribution in [-0.2, 0) is 0 Å². The van der Waals surface area contributed by atoms with Crippen molar-refractivity contribution in [1.82, 2.24) is 15.0 Å². The van der Waals surface area contributed by atoms with E-state index in [0.29, 0.717) is 5.82 Å². The van der Waals surface area contributed by atoms with E-state index in [9.17, 15) is 4.79 Å². The van der Waals surface area contributed by atoms with Crippen molar-refractivity contribution in [2.24, 2.45) is 0 Å². The van der Waals surface area contributed by atoms with Gasteiger partial charge < -0.3 is 10.4 Å².